The second-order valence-corrected chi connectivity index (χ2v) is 5.03. The van der Waals surface area contributed by atoms with E-state index in [2.05, 4.69) is 11.4 Å². The van der Waals surface area contributed by atoms with Crippen LogP contribution in [-0.4, -0.2) is 6.79 Å². The summed E-state index contributed by atoms with van der Waals surface area (Å²) >= 11 is 1.74. The fourth-order valence-electron chi connectivity index (χ4n) is 1.91. The molecule has 1 aliphatic heterocycles. The lowest BCUT2D eigenvalue weighted by atomic mass is 10.0. The minimum absolute atomic E-state index is 0.00292. The number of nitrogens with two attached hydrogens (primary N) is 1. The van der Waals surface area contributed by atoms with Crippen molar-refractivity contribution in [1.82, 2.24) is 0 Å². The highest BCUT2D eigenvalue weighted by atomic mass is 32.1. The lowest BCUT2D eigenvalue weighted by Crippen LogP contribution is -2.12. The second-order valence-electron chi connectivity index (χ2n) is 4.00. The van der Waals surface area contributed by atoms with Crippen molar-refractivity contribution < 1.29 is 9.47 Å². The van der Waals surface area contributed by atoms with Crippen LogP contribution in [0.4, 0.5) is 0 Å². The summed E-state index contributed by atoms with van der Waals surface area (Å²) in [6, 6.07) is 10.1. The molecule has 4 heteroatoms. The number of rotatable bonds is 3. The van der Waals surface area contributed by atoms with Crippen molar-refractivity contribution in [2.24, 2.45) is 5.73 Å². The molecule has 1 unspecified atom stereocenters. The molecule has 0 saturated heterocycles. The molecule has 0 amide bonds. The molecule has 0 radical (unpaired) electrons. The highest BCUT2D eigenvalue weighted by Gasteiger charge is 2.16. The Hall–Kier alpha value is -1.52. The standard InChI is InChI=1S/C13H13NO2S/c14-11(7-10-2-1-5-17-10)9-3-4-12-13(6-9)16-8-15-12/h1-6,11H,7-8,14H2. The molecule has 88 valence electrons. The van der Waals surface area contributed by atoms with Crippen molar-refractivity contribution in [2.75, 3.05) is 6.79 Å². The van der Waals surface area contributed by atoms with E-state index in [0.717, 1.165) is 23.5 Å². The van der Waals surface area contributed by atoms with Crippen molar-refractivity contribution in [2.45, 2.75) is 12.5 Å². The molecule has 0 saturated carbocycles. The van der Waals surface area contributed by atoms with Gasteiger partial charge in [0.2, 0.25) is 6.79 Å². The van der Waals surface area contributed by atoms with Crippen LogP contribution >= 0.6 is 11.3 Å². The number of hydrogen-bond acceptors (Lipinski definition) is 4. The topological polar surface area (TPSA) is 44.5 Å². The normalized spacial score (nSPS) is 14.9. The lowest BCUT2D eigenvalue weighted by Gasteiger charge is -2.11. The van der Waals surface area contributed by atoms with Crippen LogP contribution in [0.2, 0.25) is 0 Å². The van der Waals surface area contributed by atoms with Gasteiger partial charge in [-0.25, -0.2) is 0 Å². The van der Waals surface area contributed by atoms with E-state index in [-0.39, 0.29) is 6.04 Å². The average molecular weight is 247 g/mol. The maximum Gasteiger partial charge on any atom is 0.231 e. The number of thiophene rings is 1. The molecule has 0 spiro atoms. The summed E-state index contributed by atoms with van der Waals surface area (Å²) in [4.78, 5) is 1.30. The van der Waals surface area contributed by atoms with Gasteiger partial charge in [0.05, 0.1) is 0 Å². The summed E-state index contributed by atoms with van der Waals surface area (Å²) in [5.74, 6) is 1.60. The fraction of sp³-hybridized carbons (Fsp3) is 0.231. The Kier molecular flexibility index (Phi) is 2.74. The molecule has 1 aromatic carbocycles. The van der Waals surface area contributed by atoms with Gasteiger partial charge in [0, 0.05) is 17.3 Å². The summed E-state index contributed by atoms with van der Waals surface area (Å²) in [7, 11) is 0. The lowest BCUT2D eigenvalue weighted by molar-refractivity contribution is 0.174. The van der Waals surface area contributed by atoms with Crippen LogP contribution in [0.15, 0.2) is 35.7 Å². The highest BCUT2D eigenvalue weighted by molar-refractivity contribution is 7.09. The highest BCUT2D eigenvalue weighted by Crippen LogP contribution is 2.34. The largest absolute Gasteiger partial charge is 0.454 e. The van der Waals surface area contributed by atoms with Gasteiger partial charge in [-0.1, -0.05) is 12.1 Å². The van der Waals surface area contributed by atoms with Crippen molar-refractivity contribution in [3.63, 3.8) is 0 Å². The van der Waals surface area contributed by atoms with Crippen LogP contribution in [-0.2, 0) is 6.42 Å². The van der Waals surface area contributed by atoms with E-state index in [4.69, 9.17) is 15.2 Å². The average Bonchev–Trinajstić information content (AvgIpc) is 2.97. The zero-order valence-corrected chi connectivity index (χ0v) is 10.1. The first kappa shape index (κ1) is 10.6. The van der Waals surface area contributed by atoms with E-state index in [1.165, 1.54) is 4.88 Å². The molecule has 3 rings (SSSR count). The maximum absolute atomic E-state index is 6.19. The second kappa shape index (κ2) is 4.39. The first-order chi connectivity index (χ1) is 8.33. The Morgan fingerprint density at radius 2 is 2.12 bits per heavy atom. The summed E-state index contributed by atoms with van der Waals surface area (Å²) in [5.41, 5.74) is 7.28. The predicted octanol–water partition coefficient (Wildman–Crippen LogP) is 2.72. The molecule has 2 aromatic rings. The molecule has 3 nitrogen and oxygen atoms in total. The van der Waals surface area contributed by atoms with Gasteiger partial charge >= 0.3 is 0 Å². The molecular formula is C13H13NO2S. The van der Waals surface area contributed by atoms with Crippen LogP contribution < -0.4 is 15.2 Å². The van der Waals surface area contributed by atoms with Crippen LogP contribution in [0, 0.1) is 0 Å². The smallest absolute Gasteiger partial charge is 0.231 e. The van der Waals surface area contributed by atoms with Crippen LogP contribution in [0.25, 0.3) is 0 Å². The zero-order valence-electron chi connectivity index (χ0n) is 9.26. The summed E-state index contributed by atoms with van der Waals surface area (Å²) in [5, 5.41) is 2.07. The number of fused-ring (bicyclic) bond motifs is 1. The van der Waals surface area contributed by atoms with Crippen molar-refractivity contribution in [3.05, 3.63) is 46.2 Å². The van der Waals surface area contributed by atoms with E-state index in [0.29, 0.717) is 6.79 Å². The van der Waals surface area contributed by atoms with Crippen LogP contribution in [0.5, 0.6) is 11.5 Å². The van der Waals surface area contributed by atoms with Gasteiger partial charge in [0.15, 0.2) is 11.5 Å². The molecule has 0 fully saturated rings. The minimum Gasteiger partial charge on any atom is -0.454 e. The Bertz CT molecular complexity index is 510. The van der Waals surface area contributed by atoms with Gasteiger partial charge < -0.3 is 15.2 Å². The zero-order chi connectivity index (χ0) is 11.7. The number of benzene rings is 1. The molecule has 1 atom stereocenters. The third-order valence-electron chi connectivity index (χ3n) is 2.83. The van der Waals surface area contributed by atoms with Crippen molar-refractivity contribution >= 4 is 11.3 Å². The first-order valence-electron chi connectivity index (χ1n) is 5.50. The van der Waals surface area contributed by atoms with Gasteiger partial charge in [-0.2, -0.15) is 0 Å². The minimum atomic E-state index is 0.00292. The Balaban J connectivity index is 1.79. The molecule has 1 aromatic heterocycles. The van der Waals surface area contributed by atoms with Gasteiger partial charge in [0.1, 0.15) is 0 Å². The summed E-state index contributed by atoms with van der Waals surface area (Å²) < 4.78 is 10.6. The fourth-order valence-corrected chi connectivity index (χ4v) is 2.67. The van der Waals surface area contributed by atoms with Crippen molar-refractivity contribution in [1.29, 1.82) is 0 Å². The van der Waals surface area contributed by atoms with E-state index in [1.807, 2.05) is 24.3 Å². The molecule has 17 heavy (non-hydrogen) atoms. The quantitative estimate of drug-likeness (QED) is 0.907. The summed E-state index contributed by atoms with van der Waals surface area (Å²) in [6.45, 7) is 0.305. The van der Waals surface area contributed by atoms with Gasteiger partial charge in [-0.3, -0.25) is 0 Å². The van der Waals surface area contributed by atoms with E-state index in [1.54, 1.807) is 11.3 Å². The van der Waals surface area contributed by atoms with E-state index in [9.17, 15) is 0 Å². The third kappa shape index (κ3) is 2.14. The SMILES string of the molecule is NC(Cc1cccs1)c1ccc2c(c1)OCO2. The Labute approximate surface area is 104 Å². The van der Waals surface area contributed by atoms with E-state index >= 15 is 0 Å². The van der Waals surface area contributed by atoms with Crippen LogP contribution in [0.3, 0.4) is 0 Å². The molecule has 2 heterocycles. The van der Waals surface area contributed by atoms with E-state index < -0.39 is 0 Å². The molecule has 2 N–H and O–H groups in total. The molecule has 1 aliphatic rings. The molecule has 0 aliphatic carbocycles. The molecule has 0 bridgehead atoms. The maximum atomic E-state index is 6.19. The Morgan fingerprint density at radius 1 is 1.24 bits per heavy atom. The summed E-state index contributed by atoms with van der Waals surface area (Å²) in [6.07, 6.45) is 0.858. The Morgan fingerprint density at radius 3 is 2.94 bits per heavy atom. The number of hydrogen-bond donors (Lipinski definition) is 1. The van der Waals surface area contributed by atoms with Gasteiger partial charge in [0.25, 0.3) is 0 Å². The van der Waals surface area contributed by atoms with Gasteiger partial charge in [-0.15, -0.1) is 11.3 Å². The van der Waals surface area contributed by atoms with Gasteiger partial charge in [-0.05, 0) is 29.1 Å². The third-order valence-corrected chi connectivity index (χ3v) is 3.72. The monoisotopic (exact) mass is 247 g/mol. The number of ether oxygens (including phenoxy) is 2. The van der Waals surface area contributed by atoms with Crippen LogP contribution in [0.1, 0.15) is 16.5 Å². The predicted molar refractivity (Wildman–Crippen MR) is 67.5 cm³/mol. The molecular weight excluding hydrogens is 234 g/mol. The van der Waals surface area contributed by atoms with Crippen molar-refractivity contribution in [3.8, 4) is 11.5 Å². The first-order valence-corrected chi connectivity index (χ1v) is 6.38.